The van der Waals surface area contributed by atoms with Crippen LogP contribution in [0.1, 0.15) is 23.2 Å². The molecule has 0 aliphatic carbocycles. The molecule has 4 aromatic carbocycles. The van der Waals surface area contributed by atoms with Crippen molar-refractivity contribution in [1.29, 1.82) is 0 Å². The van der Waals surface area contributed by atoms with E-state index in [0.717, 1.165) is 9.80 Å². The first kappa shape index (κ1) is 29.3. The van der Waals surface area contributed by atoms with Gasteiger partial charge >= 0.3 is 0 Å². The first-order valence-electron chi connectivity index (χ1n) is 15.1. The fraction of sp³-hybridized carbons (Fsp3) is 0.176. The SMILES string of the molecule is O=C1[C@@H]2[C@H](C(=O)N1c1ccc([N+](=O)[O-])cc1)N1[C@H](c3ccccc3)[C@H]3C(=O)N(c4ccc([N+](=O)[O-])cc4)C(=O)[C@H]3N1[C@H]2c1ccccc1. The maximum Gasteiger partial charge on any atom is 0.269 e. The molecule has 4 saturated heterocycles. The van der Waals surface area contributed by atoms with Gasteiger partial charge in [0.1, 0.15) is 12.1 Å². The van der Waals surface area contributed by atoms with Gasteiger partial charge in [0.15, 0.2) is 0 Å². The van der Waals surface area contributed by atoms with E-state index in [1.807, 2.05) is 0 Å². The van der Waals surface area contributed by atoms with Gasteiger partial charge in [-0.2, -0.15) is 0 Å². The second-order valence-electron chi connectivity index (χ2n) is 12.0. The molecule has 0 bridgehead atoms. The van der Waals surface area contributed by atoms with Gasteiger partial charge in [-0.1, -0.05) is 60.7 Å². The van der Waals surface area contributed by atoms with E-state index < -0.39 is 69.5 Å². The predicted molar refractivity (Wildman–Crippen MR) is 168 cm³/mol. The van der Waals surface area contributed by atoms with Crippen LogP contribution in [0.15, 0.2) is 109 Å². The number of nitro benzene ring substituents is 2. The molecular weight excluding hydrogens is 620 g/mol. The minimum Gasteiger partial charge on any atom is -0.274 e. The van der Waals surface area contributed by atoms with Crippen LogP contribution in [0.4, 0.5) is 22.7 Å². The van der Waals surface area contributed by atoms with Crippen LogP contribution in [0.3, 0.4) is 0 Å². The number of imide groups is 2. The fourth-order valence-electron chi connectivity index (χ4n) is 7.75. The minimum atomic E-state index is -1.10. The van der Waals surface area contributed by atoms with Gasteiger partial charge in [0, 0.05) is 24.3 Å². The number of non-ortho nitro benzene ring substituents is 2. The van der Waals surface area contributed by atoms with Crippen molar-refractivity contribution in [3.8, 4) is 0 Å². The second kappa shape index (κ2) is 10.7. The lowest BCUT2D eigenvalue weighted by molar-refractivity contribution is -0.385. The Bertz CT molecular complexity index is 1880. The van der Waals surface area contributed by atoms with Crippen LogP contribution in [0, 0.1) is 32.1 Å². The van der Waals surface area contributed by atoms with Crippen molar-refractivity contribution in [2.75, 3.05) is 9.80 Å². The van der Waals surface area contributed by atoms with Crippen molar-refractivity contribution in [3.05, 3.63) is 141 Å². The number of hydrogen-bond donors (Lipinski definition) is 0. The summed E-state index contributed by atoms with van der Waals surface area (Å²) in [5, 5.41) is 26.0. The van der Waals surface area contributed by atoms with E-state index in [0.29, 0.717) is 11.1 Å². The molecule has 238 valence electrons. The first-order chi connectivity index (χ1) is 23.2. The molecule has 0 N–H and O–H groups in total. The van der Waals surface area contributed by atoms with Crippen LogP contribution in [-0.2, 0) is 19.2 Å². The summed E-state index contributed by atoms with van der Waals surface area (Å²) in [6.07, 6.45) is 0. The molecule has 14 heteroatoms. The zero-order valence-electron chi connectivity index (χ0n) is 24.8. The molecule has 14 nitrogen and oxygen atoms in total. The molecule has 4 heterocycles. The van der Waals surface area contributed by atoms with Gasteiger partial charge < -0.3 is 0 Å². The second-order valence-corrected chi connectivity index (χ2v) is 12.0. The number of hydrazine groups is 1. The van der Waals surface area contributed by atoms with E-state index in [1.165, 1.54) is 48.5 Å². The molecule has 0 unspecified atom stereocenters. The number of nitro groups is 2. The molecule has 4 aliphatic heterocycles. The molecule has 8 rings (SSSR count). The molecule has 0 aromatic heterocycles. The molecule has 0 spiro atoms. The van der Waals surface area contributed by atoms with Crippen LogP contribution < -0.4 is 9.80 Å². The van der Waals surface area contributed by atoms with Crippen LogP contribution in [0.2, 0.25) is 0 Å². The number of rotatable bonds is 6. The normalized spacial score (nSPS) is 26.6. The van der Waals surface area contributed by atoms with Gasteiger partial charge in [-0.15, -0.1) is 0 Å². The lowest BCUT2D eigenvalue weighted by Crippen LogP contribution is -2.50. The summed E-state index contributed by atoms with van der Waals surface area (Å²) in [5.74, 6) is -4.19. The fourth-order valence-corrected chi connectivity index (χ4v) is 7.75. The predicted octanol–water partition coefficient (Wildman–Crippen LogP) is 3.95. The smallest absolute Gasteiger partial charge is 0.269 e. The summed E-state index contributed by atoms with van der Waals surface area (Å²) >= 11 is 0. The van der Waals surface area contributed by atoms with Gasteiger partial charge in [0.05, 0.1) is 45.1 Å². The van der Waals surface area contributed by atoms with Gasteiger partial charge in [-0.25, -0.2) is 19.8 Å². The largest absolute Gasteiger partial charge is 0.274 e. The average Bonchev–Trinajstić information content (AvgIpc) is 3.77. The lowest BCUT2D eigenvalue weighted by Gasteiger charge is -2.35. The van der Waals surface area contributed by atoms with Gasteiger partial charge in [-0.05, 0) is 35.4 Å². The molecule has 4 aliphatic rings. The van der Waals surface area contributed by atoms with Crippen LogP contribution in [0.25, 0.3) is 0 Å². The quantitative estimate of drug-likeness (QED) is 0.170. The summed E-state index contributed by atoms with van der Waals surface area (Å²) in [7, 11) is 0. The molecule has 4 fully saturated rings. The lowest BCUT2D eigenvalue weighted by atomic mass is 9.84. The number of benzene rings is 4. The van der Waals surface area contributed by atoms with E-state index in [9.17, 15) is 39.4 Å². The van der Waals surface area contributed by atoms with Crippen LogP contribution in [0.5, 0.6) is 0 Å². The van der Waals surface area contributed by atoms with E-state index in [-0.39, 0.29) is 22.7 Å². The zero-order valence-corrected chi connectivity index (χ0v) is 24.8. The summed E-state index contributed by atoms with van der Waals surface area (Å²) in [6, 6.07) is 24.4. The highest BCUT2D eigenvalue weighted by Crippen LogP contribution is 2.59. The van der Waals surface area contributed by atoms with E-state index >= 15 is 0 Å². The third-order valence-electron chi connectivity index (χ3n) is 9.64. The van der Waals surface area contributed by atoms with Crippen molar-refractivity contribution in [3.63, 3.8) is 0 Å². The number of carbonyl (C=O) groups is 4. The van der Waals surface area contributed by atoms with E-state index in [4.69, 9.17) is 0 Å². The Morgan fingerprint density at radius 2 is 0.771 bits per heavy atom. The highest BCUT2D eigenvalue weighted by Gasteiger charge is 2.73. The zero-order chi connectivity index (χ0) is 33.4. The Labute approximate surface area is 271 Å². The standard InChI is InChI=1S/C34H24N6O8/c41-31-25-27(19-7-3-1-4-8-19)37-30-26(32(42)36(34(30)44)22-13-17-24(18-14-22)40(47)48)28(20-9-5-2-6-10-20)38(37)29(25)33(43)35(31)21-11-15-23(16-12-21)39(45)46/h1-18,25-30H/t25-,26+,27-,28+,29+,30-. The molecule has 6 atom stereocenters. The summed E-state index contributed by atoms with van der Waals surface area (Å²) in [5.41, 5.74) is 1.27. The first-order valence-corrected chi connectivity index (χ1v) is 15.1. The Hall–Kier alpha value is -6.12. The van der Waals surface area contributed by atoms with Gasteiger partial charge in [0.2, 0.25) is 11.8 Å². The molecular formula is C34H24N6O8. The minimum absolute atomic E-state index is 0.176. The molecule has 48 heavy (non-hydrogen) atoms. The summed E-state index contributed by atoms with van der Waals surface area (Å²) in [4.78, 5) is 81.1. The highest BCUT2D eigenvalue weighted by molar-refractivity contribution is 6.26. The van der Waals surface area contributed by atoms with Crippen molar-refractivity contribution >= 4 is 46.4 Å². The Morgan fingerprint density at radius 3 is 1.08 bits per heavy atom. The number of nitrogens with zero attached hydrogens (tertiary/aromatic N) is 6. The topological polar surface area (TPSA) is 168 Å². The Balaban J connectivity index is 1.28. The number of anilines is 2. The highest BCUT2D eigenvalue weighted by atomic mass is 16.6. The monoisotopic (exact) mass is 644 g/mol. The molecule has 0 saturated carbocycles. The number of hydrogen-bond acceptors (Lipinski definition) is 10. The van der Waals surface area contributed by atoms with E-state index in [1.54, 1.807) is 70.7 Å². The molecule has 4 aromatic rings. The molecule has 4 amide bonds. The number of carbonyl (C=O) groups excluding carboxylic acids is 4. The Kier molecular flexibility index (Phi) is 6.54. The summed E-state index contributed by atoms with van der Waals surface area (Å²) in [6.45, 7) is 0. The summed E-state index contributed by atoms with van der Waals surface area (Å²) < 4.78 is 0. The number of amides is 4. The number of fused-ring (bicyclic) bond motifs is 5. The van der Waals surface area contributed by atoms with Crippen molar-refractivity contribution in [2.24, 2.45) is 11.8 Å². The Morgan fingerprint density at radius 1 is 0.438 bits per heavy atom. The third kappa shape index (κ3) is 4.06. The average molecular weight is 645 g/mol. The van der Waals surface area contributed by atoms with Gasteiger partial charge in [0.25, 0.3) is 23.2 Å². The van der Waals surface area contributed by atoms with Gasteiger partial charge in [-0.3, -0.25) is 39.4 Å². The van der Waals surface area contributed by atoms with E-state index in [2.05, 4.69) is 0 Å². The van der Waals surface area contributed by atoms with Crippen LogP contribution >= 0.6 is 0 Å². The van der Waals surface area contributed by atoms with Crippen molar-refractivity contribution in [1.82, 2.24) is 10.0 Å². The van der Waals surface area contributed by atoms with Crippen LogP contribution in [-0.4, -0.2) is 55.6 Å². The molecule has 0 radical (unpaired) electrons. The maximum atomic E-state index is 14.4. The maximum absolute atomic E-state index is 14.4. The van der Waals surface area contributed by atoms with Crippen molar-refractivity contribution < 1.29 is 29.0 Å². The van der Waals surface area contributed by atoms with Crippen molar-refractivity contribution in [2.45, 2.75) is 24.2 Å². The third-order valence-corrected chi connectivity index (χ3v) is 9.64.